The predicted octanol–water partition coefficient (Wildman–Crippen LogP) is 2.28. The number of methoxy groups -OCH3 is 1. The molecule has 106 valence electrons. The number of benzene rings is 1. The molecular weight excluding hydrogens is 308 g/mol. The number of nitrogens with zero attached hydrogens (tertiary/aromatic N) is 1. The molecule has 0 aliphatic rings. The van der Waals surface area contributed by atoms with Crippen LogP contribution >= 0.6 is 15.9 Å². The summed E-state index contributed by atoms with van der Waals surface area (Å²) in [4.78, 5) is 13.5. The zero-order valence-corrected chi connectivity index (χ0v) is 13.5. The number of likely N-dealkylation sites (N-methyl/N-ethyl adjacent to an activating group) is 1. The van der Waals surface area contributed by atoms with Gasteiger partial charge in [-0.1, -0.05) is 22.0 Å². The van der Waals surface area contributed by atoms with Gasteiger partial charge in [-0.05, 0) is 38.7 Å². The third-order valence-corrected chi connectivity index (χ3v) is 3.49. The highest BCUT2D eigenvalue weighted by atomic mass is 79.9. The van der Waals surface area contributed by atoms with Crippen LogP contribution in [0.1, 0.15) is 22.8 Å². The summed E-state index contributed by atoms with van der Waals surface area (Å²) in [6, 6.07) is 5.91. The minimum Gasteiger partial charge on any atom is -0.465 e. The molecule has 0 spiro atoms. The van der Waals surface area contributed by atoms with Crippen LogP contribution in [-0.2, 0) is 11.3 Å². The molecule has 0 bridgehead atoms. The van der Waals surface area contributed by atoms with Gasteiger partial charge in [0.05, 0.1) is 12.7 Å². The molecule has 0 fully saturated rings. The molecule has 19 heavy (non-hydrogen) atoms. The zero-order valence-electron chi connectivity index (χ0n) is 11.9. The molecule has 5 heteroatoms. The van der Waals surface area contributed by atoms with E-state index in [-0.39, 0.29) is 5.97 Å². The minimum atomic E-state index is -0.318. The Hall–Kier alpha value is -0.910. The Morgan fingerprint density at radius 2 is 2.16 bits per heavy atom. The van der Waals surface area contributed by atoms with Gasteiger partial charge >= 0.3 is 5.97 Å². The summed E-state index contributed by atoms with van der Waals surface area (Å²) in [5.74, 6) is -0.318. The van der Waals surface area contributed by atoms with Crippen molar-refractivity contribution < 1.29 is 9.53 Å². The third-order valence-electron chi connectivity index (χ3n) is 2.75. The number of halogens is 1. The highest BCUT2D eigenvalue weighted by Crippen LogP contribution is 2.19. The molecule has 0 saturated carbocycles. The first-order valence-electron chi connectivity index (χ1n) is 6.19. The fourth-order valence-corrected chi connectivity index (χ4v) is 2.35. The average Bonchev–Trinajstić information content (AvgIpc) is 2.35. The Bertz CT molecular complexity index is 435. The topological polar surface area (TPSA) is 41.6 Å². The molecule has 1 aromatic carbocycles. The van der Waals surface area contributed by atoms with Crippen molar-refractivity contribution in [1.82, 2.24) is 10.2 Å². The van der Waals surface area contributed by atoms with E-state index in [9.17, 15) is 4.79 Å². The molecule has 0 heterocycles. The number of hydrogen-bond acceptors (Lipinski definition) is 4. The number of esters is 1. The van der Waals surface area contributed by atoms with Crippen LogP contribution < -0.4 is 5.32 Å². The van der Waals surface area contributed by atoms with Crippen molar-refractivity contribution in [3.63, 3.8) is 0 Å². The normalized spacial score (nSPS) is 12.5. The standard InChI is InChI=1S/C14H21BrN2O2/c1-10(9-17(2)3)16-8-12-6-5-11(7-13(12)15)14(18)19-4/h5-7,10,16H,8-9H2,1-4H3. The largest absolute Gasteiger partial charge is 0.465 e. The van der Waals surface area contributed by atoms with Gasteiger partial charge in [-0.15, -0.1) is 0 Å². The van der Waals surface area contributed by atoms with Gasteiger partial charge < -0.3 is 15.0 Å². The van der Waals surface area contributed by atoms with Gasteiger partial charge in [-0.25, -0.2) is 4.79 Å². The summed E-state index contributed by atoms with van der Waals surface area (Å²) in [7, 11) is 5.49. The maximum Gasteiger partial charge on any atom is 0.337 e. The maximum atomic E-state index is 11.4. The number of carbonyl (C=O) groups excluding carboxylic acids is 1. The number of rotatable bonds is 6. The monoisotopic (exact) mass is 328 g/mol. The van der Waals surface area contributed by atoms with Gasteiger partial charge in [-0.3, -0.25) is 0 Å². The van der Waals surface area contributed by atoms with Crippen molar-refractivity contribution in [3.8, 4) is 0 Å². The summed E-state index contributed by atoms with van der Waals surface area (Å²) in [6.45, 7) is 3.89. The Labute approximate surface area is 123 Å². The van der Waals surface area contributed by atoms with Crippen LogP contribution in [0.15, 0.2) is 22.7 Å². The Balaban J connectivity index is 2.62. The second kappa shape index (κ2) is 7.62. The predicted molar refractivity (Wildman–Crippen MR) is 80.3 cm³/mol. The first-order valence-corrected chi connectivity index (χ1v) is 6.98. The lowest BCUT2D eigenvalue weighted by Crippen LogP contribution is -2.35. The smallest absolute Gasteiger partial charge is 0.337 e. The van der Waals surface area contributed by atoms with Gasteiger partial charge in [0.2, 0.25) is 0 Å². The van der Waals surface area contributed by atoms with Crippen LogP contribution in [0.25, 0.3) is 0 Å². The minimum absolute atomic E-state index is 0.318. The van der Waals surface area contributed by atoms with Gasteiger partial charge in [0, 0.05) is 23.6 Å². The quantitative estimate of drug-likeness (QED) is 0.813. The molecule has 4 nitrogen and oxygen atoms in total. The molecule has 0 radical (unpaired) electrons. The molecule has 1 aromatic rings. The van der Waals surface area contributed by atoms with Crippen LogP contribution in [-0.4, -0.2) is 44.7 Å². The summed E-state index contributed by atoms with van der Waals surface area (Å²) >= 11 is 3.49. The number of carbonyl (C=O) groups is 1. The first-order chi connectivity index (χ1) is 8.93. The summed E-state index contributed by atoms with van der Waals surface area (Å²) in [5.41, 5.74) is 1.68. The van der Waals surface area contributed by atoms with Gasteiger partial charge in [0.15, 0.2) is 0 Å². The first kappa shape index (κ1) is 16.1. The van der Waals surface area contributed by atoms with Crippen molar-refractivity contribution >= 4 is 21.9 Å². The molecular formula is C14H21BrN2O2. The van der Waals surface area contributed by atoms with Crippen LogP contribution in [0, 0.1) is 0 Å². The molecule has 0 amide bonds. The lowest BCUT2D eigenvalue weighted by molar-refractivity contribution is 0.0600. The molecule has 1 unspecified atom stereocenters. The molecule has 0 aliphatic heterocycles. The Kier molecular flexibility index (Phi) is 6.48. The molecule has 1 atom stereocenters. The fourth-order valence-electron chi connectivity index (χ4n) is 1.83. The molecule has 1 rings (SSSR count). The number of nitrogens with one attached hydrogen (secondary N) is 1. The van der Waals surface area contributed by atoms with Crippen molar-refractivity contribution in [2.45, 2.75) is 19.5 Å². The lowest BCUT2D eigenvalue weighted by Gasteiger charge is -2.18. The Morgan fingerprint density at radius 1 is 1.47 bits per heavy atom. The molecule has 0 saturated heterocycles. The van der Waals surface area contributed by atoms with E-state index in [0.29, 0.717) is 11.6 Å². The molecule has 1 N–H and O–H groups in total. The SMILES string of the molecule is COC(=O)c1ccc(CNC(C)CN(C)C)c(Br)c1. The highest BCUT2D eigenvalue weighted by Gasteiger charge is 2.09. The summed E-state index contributed by atoms with van der Waals surface area (Å²) in [6.07, 6.45) is 0. The lowest BCUT2D eigenvalue weighted by atomic mass is 10.1. The number of ether oxygens (including phenoxy) is 1. The van der Waals surface area contributed by atoms with Crippen LogP contribution in [0.4, 0.5) is 0 Å². The van der Waals surface area contributed by atoms with E-state index in [1.54, 1.807) is 12.1 Å². The van der Waals surface area contributed by atoms with Crippen molar-refractivity contribution in [2.75, 3.05) is 27.7 Å². The highest BCUT2D eigenvalue weighted by molar-refractivity contribution is 9.10. The van der Waals surface area contributed by atoms with Crippen molar-refractivity contribution in [3.05, 3.63) is 33.8 Å². The van der Waals surface area contributed by atoms with E-state index in [0.717, 1.165) is 23.1 Å². The number of hydrogen-bond donors (Lipinski definition) is 1. The van der Waals surface area contributed by atoms with E-state index < -0.39 is 0 Å². The second-order valence-electron chi connectivity index (χ2n) is 4.84. The second-order valence-corrected chi connectivity index (χ2v) is 5.70. The summed E-state index contributed by atoms with van der Waals surface area (Å²) < 4.78 is 5.61. The fraction of sp³-hybridized carbons (Fsp3) is 0.500. The zero-order chi connectivity index (χ0) is 14.4. The van der Waals surface area contributed by atoms with Crippen LogP contribution in [0.2, 0.25) is 0 Å². The van der Waals surface area contributed by atoms with Crippen molar-refractivity contribution in [2.24, 2.45) is 0 Å². The summed E-state index contributed by atoms with van der Waals surface area (Å²) in [5, 5.41) is 3.45. The maximum absolute atomic E-state index is 11.4. The van der Waals surface area contributed by atoms with E-state index in [1.165, 1.54) is 7.11 Å². The van der Waals surface area contributed by atoms with Gasteiger partial charge in [0.25, 0.3) is 0 Å². The van der Waals surface area contributed by atoms with Crippen LogP contribution in [0.3, 0.4) is 0 Å². The average molecular weight is 329 g/mol. The van der Waals surface area contributed by atoms with Crippen LogP contribution in [0.5, 0.6) is 0 Å². The van der Waals surface area contributed by atoms with E-state index in [1.807, 2.05) is 6.07 Å². The van der Waals surface area contributed by atoms with E-state index >= 15 is 0 Å². The van der Waals surface area contributed by atoms with Gasteiger partial charge in [0.1, 0.15) is 0 Å². The third kappa shape index (κ3) is 5.30. The van der Waals surface area contributed by atoms with E-state index in [2.05, 4.69) is 47.2 Å². The Morgan fingerprint density at radius 3 is 2.68 bits per heavy atom. The van der Waals surface area contributed by atoms with E-state index in [4.69, 9.17) is 4.74 Å². The van der Waals surface area contributed by atoms with Crippen molar-refractivity contribution in [1.29, 1.82) is 0 Å². The molecule has 0 aliphatic carbocycles. The molecule has 0 aromatic heterocycles. The van der Waals surface area contributed by atoms with Gasteiger partial charge in [-0.2, -0.15) is 0 Å².